The Kier molecular flexibility index (Phi) is 4.26. The van der Waals surface area contributed by atoms with Crippen LogP contribution in [-0.2, 0) is 4.79 Å². The van der Waals surface area contributed by atoms with Gasteiger partial charge in [0.15, 0.2) is 0 Å². The molecule has 1 saturated carbocycles. The number of carbonyl (C=O) groups is 1. The fourth-order valence-corrected chi connectivity index (χ4v) is 3.43. The van der Waals surface area contributed by atoms with Gasteiger partial charge in [-0.15, -0.1) is 0 Å². The summed E-state index contributed by atoms with van der Waals surface area (Å²) in [4.78, 5) is 30.2. The van der Waals surface area contributed by atoms with E-state index in [2.05, 4.69) is 10.4 Å². The lowest BCUT2D eigenvalue weighted by atomic mass is 10.1. The average Bonchev–Trinajstić information content (AvgIpc) is 3.44. The summed E-state index contributed by atoms with van der Waals surface area (Å²) < 4.78 is 14.7. The first-order valence-electron chi connectivity index (χ1n) is 9.03. The molecule has 6 heteroatoms. The predicted molar refractivity (Wildman–Crippen MR) is 102 cm³/mol. The molecule has 138 valence electrons. The van der Waals surface area contributed by atoms with Crippen LogP contribution < -0.4 is 11.0 Å². The number of rotatable bonds is 4. The molecule has 0 spiro atoms. The Morgan fingerprint density at radius 1 is 1.22 bits per heavy atom. The number of aromatic nitrogens is 2. The lowest BCUT2D eigenvalue weighted by Crippen LogP contribution is -2.37. The van der Waals surface area contributed by atoms with Crippen molar-refractivity contribution in [2.75, 3.05) is 5.43 Å². The van der Waals surface area contributed by atoms with Gasteiger partial charge in [-0.05, 0) is 42.2 Å². The van der Waals surface area contributed by atoms with Crippen LogP contribution in [0.2, 0.25) is 0 Å². The zero-order valence-electron chi connectivity index (χ0n) is 15.1. The molecule has 5 nitrogen and oxygen atoms in total. The molecule has 1 fully saturated rings. The van der Waals surface area contributed by atoms with E-state index in [1.54, 1.807) is 24.3 Å². The first-order chi connectivity index (χ1) is 13.0. The van der Waals surface area contributed by atoms with Gasteiger partial charge in [-0.3, -0.25) is 15.0 Å². The molecule has 2 aromatic carbocycles. The summed E-state index contributed by atoms with van der Waals surface area (Å²) in [5.74, 6) is -0.380. The summed E-state index contributed by atoms with van der Waals surface area (Å²) in [5, 5.41) is 0.458. The molecule has 2 atom stereocenters. The molecule has 1 aliphatic carbocycles. The summed E-state index contributed by atoms with van der Waals surface area (Å²) in [7, 11) is 0. The fraction of sp³-hybridized carbons (Fsp3) is 0.286. The molecule has 1 heterocycles. The number of amides is 1. The molecular formula is C21H20FN3O2. The fourth-order valence-electron chi connectivity index (χ4n) is 3.43. The van der Waals surface area contributed by atoms with Gasteiger partial charge in [0.05, 0.1) is 10.9 Å². The number of halogens is 1. The molecule has 1 amide bonds. The second kappa shape index (κ2) is 6.61. The quantitative estimate of drug-likeness (QED) is 0.769. The van der Waals surface area contributed by atoms with Crippen molar-refractivity contribution in [1.82, 2.24) is 9.66 Å². The van der Waals surface area contributed by atoms with Gasteiger partial charge < -0.3 is 0 Å². The molecule has 1 N–H and O–H groups in total. The smallest absolute Gasteiger partial charge is 0.273 e. The highest BCUT2D eigenvalue weighted by Gasteiger charge is 2.44. The van der Waals surface area contributed by atoms with Crippen molar-refractivity contribution in [3.8, 4) is 0 Å². The van der Waals surface area contributed by atoms with Crippen molar-refractivity contribution in [3.63, 3.8) is 0 Å². The highest BCUT2D eigenvalue weighted by molar-refractivity contribution is 5.90. The molecular weight excluding hydrogens is 345 g/mol. The van der Waals surface area contributed by atoms with Crippen molar-refractivity contribution < 1.29 is 9.18 Å². The molecule has 0 bridgehead atoms. The van der Waals surface area contributed by atoms with Crippen LogP contribution in [0.3, 0.4) is 0 Å². The van der Waals surface area contributed by atoms with E-state index in [9.17, 15) is 14.0 Å². The molecule has 27 heavy (non-hydrogen) atoms. The normalized spacial score (nSPS) is 18.7. The maximum atomic E-state index is 13.4. The maximum Gasteiger partial charge on any atom is 0.280 e. The summed E-state index contributed by atoms with van der Waals surface area (Å²) in [5.41, 5.74) is 3.87. The molecule has 4 rings (SSSR count). The van der Waals surface area contributed by atoms with Crippen LogP contribution in [0.5, 0.6) is 0 Å². The zero-order valence-corrected chi connectivity index (χ0v) is 15.1. The van der Waals surface area contributed by atoms with Crippen LogP contribution in [0.25, 0.3) is 10.9 Å². The number of nitrogens with zero attached hydrogens (tertiary/aromatic N) is 2. The first kappa shape index (κ1) is 17.4. The lowest BCUT2D eigenvalue weighted by molar-refractivity contribution is -0.118. The monoisotopic (exact) mass is 365 g/mol. The average molecular weight is 365 g/mol. The van der Waals surface area contributed by atoms with E-state index in [1.165, 1.54) is 16.8 Å². The minimum absolute atomic E-state index is 0.0210. The van der Waals surface area contributed by atoms with E-state index in [-0.39, 0.29) is 35.0 Å². The van der Waals surface area contributed by atoms with E-state index in [4.69, 9.17) is 0 Å². The number of para-hydroxylation sites is 1. The Labute approximate surface area is 155 Å². The van der Waals surface area contributed by atoms with Crippen LogP contribution in [0.1, 0.15) is 43.5 Å². The third-order valence-corrected chi connectivity index (χ3v) is 4.94. The Bertz CT molecular complexity index is 1090. The Hall–Kier alpha value is -3.02. The minimum atomic E-state index is -0.310. The largest absolute Gasteiger partial charge is 0.280 e. The molecule has 0 unspecified atom stereocenters. The van der Waals surface area contributed by atoms with Crippen molar-refractivity contribution >= 4 is 16.8 Å². The number of nitrogens with one attached hydrogen (secondary N) is 1. The van der Waals surface area contributed by atoms with Gasteiger partial charge >= 0.3 is 0 Å². The molecule has 1 aromatic heterocycles. The lowest BCUT2D eigenvalue weighted by Gasteiger charge is -2.16. The third-order valence-electron chi connectivity index (χ3n) is 4.94. The van der Waals surface area contributed by atoms with Gasteiger partial charge in [0.2, 0.25) is 5.91 Å². The maximum absolute atomic E-state index is 13.4. The second-order valence-corrected chi connectivity index (χ2v) is 7.26. The first-order valence-corrected chi connectivity index (χ1v) is 9.03. The van der Waals surface area contributed by atoms with Gasteiger partial charge in [0.1, 0.15) is 11.6 Å². The highest BCUT2D eigenvalue weighted by Crippen LogP contribution is 2.47. The van der Waals surface area contributed by atoms with E-state index < -0.39 is 0 Å². The van der Waals surface area contributed by atoms with Gasteiger partial charge in [-0.25, -0.2) is 14.1 Å². The molecule has 1 aliphatic rings. The standard InChI is InChI=1S/C21H20FN3O2/c1-12(2)19-23-18-9-4-3-8-15(18)21(27)25(19)24-20(26)17-11-16(17)13-6-5-7-14(22)10-13/h3-10,12,16-17H,11H2,1-2H3,(H,24,26)/t16-,17-/m1/s1. The van der Waals surface area contributed by atoms with Crippen LogP contribution in [0, 0.1) is 11.7 Å². The Balaban J connectivity index is 1.64. The number of fused-ring (bicyclic) bond motifs is 1. The van der Waals surface area contributed by atoms with E-state index in [0.717, 1.165) is 5.56 Å². The minimum Gasteiger partial charge on any atom is -0.273 e. The molecule has 0 radical (unpaired) electrons. The van der Waals surface area contributed by atoms with Gasteiger partial charge in [0.25, 0.3) is 5.56 Å². The second-order valence-electron chi connectivity index (χ2n) is 7.26. The Morgan fingerprint density at radius 3 is 2.74 bits per heavy atom. The van der Waals surface area contributed by atoms with Crippen LogP contribution in [0.4, 0.5) is 4.39 Å². The van der Waals surface area contributed by atoms with Crippen molar-refractivity contribution in [2.24, 2.45) is 5.92 Å². The van der Waals surface area contributed by atoms with Crippen molar-refractivity contribution in [2.45, 2.75) is 32.1 Å². The number of carbonyl (C=O) groups excluding carboxylic acids is 1. The van der Waals surface area contributed by atoms with Crippen LogP contribution in [-0.4, -0.2) is 15.6 Å². The van der Waals surface area contributed by atoms with E-state index >= 15 is 0 Å². The number of hydrogen-bond acceptors (Lipinski definition) is 3. The summed E-state index contributed by atoms with van der Waals surface area (Å²) >= 11 is 0. The van der Waals surface area contributed by atoms with Crippen molar-refractivity contribution in [3.05, 3.63) is 76.1 Å². The summed E-state index contributed by atoms with van der Waals surface area (Å²) in [6.45, 7) is 3.84. The van der Waals surface area contributed by atoms with Crippen LogP contribution >= 0.6 is 0 Å². The van der Waals surface area contributed by atoms with Crippen LogP contribution in [0.15, 0.2) is 53.3 Å². The van der Waals surface area contributed by atoms with Gasteiger partial charge in [-0.1, -0.05) is 38.1 Å². The number of hydrogen-bond donors (Lipinski definition) is 1. The third kappa shape index (κ3) is 3.23. The van der Waals surface area contributed by atoms with Gasteiger partial charge in [0, 0.05) is 11.8 Å². The SMILES string of the molecule is CC(C)c1nc2ccccc2c(=O)n1NC(=O)[C@@H]1C[C@@H]1c1cccc(F)c1. The van der Waals surface area contributed by atoms with Crippen molar-refractivity contribution in [1.29, 1.82) is 0 Å². The summed E-state index contributed by atoms with van der Waals surface area (Å²) in [6, 6.07) is 13.4. The predicted octanol–water partition coefficient (Wildman–Crippen LogP) is 3.53. The summed E-state index contributed by atoms with van der Waals surface area (Å²) in [6.07, 6.45) is 0.641. The zero-order chi connectivity index (χ0) is 19.1. The molecule has 0 saturated heterocycles. The highest BCUT2D eigenvalue weighted by atomic mass is 19.1. The number of benzene rings is 2. The van der Waals surface area contributed by atoms with Gasteiger partial charge in [-0.2, -0.15) is 0 Å². The van der Waals surface area contributed by atoms with E-state index in [0.29, 0.717) is 23.1 Å². The molecule has 0 aliphatic heterocycles. The molecule has 3 aromatic rings. The Morgan fingerprint density at radius 2 is 2.00 bits per heavy atom. The topological polar surface area (TPSA) is 64.0 Å². The van der Waals surface area contributed by atoms with E-state index in [1.807, 2.05) is 26.0 Å².